The highest BCUT2D eigenvalue weighted by Crippen LogP contribution is 2.27. The summed E-state index contributed by atoms with van der Waals surface area (Å²) in [7, 11) is 0. The van der Waals surface area contributed by atoms with Gasteiger partial charge in [0.05, 0.1) is 6.20 Å². The van der Waals surface area contributed by atoms with E-state index in [4.69, 9.17) is 0 Å². The molecule has 0 bridgehead atoms. The van der Waals surface area contributed by atoms with Crippen molar-refractivity contribution in [2.24, 2.45) is 5.92 Å². The van der Waals surface area contributed by atoms with Crippen molar-refractivity contribution >= 4 is 11.7 Å². The van der Waals surface area contributed by atoms with Gasteiger partial charge in [0.1, 0.15) is 0 Å². The summed E-state index contributed by atoms with van der Waals surface area (Å²) in [6.07, 6.45) is 10.3. The van der Waals surface area contributed by atoms with E-state index in [2.05, 4.69) is 10.3 Å². The van der Waals surface area contributed by atoms with E-state index in [0.29, 0.717) is 6.42 Å². The lowest BCUT2D eigenvalue weighted by Gasteiger charge is -2.20. The number of pyridine rings is 1. The first-order valence-electron chi connectivity index (χ1n) is 7.02. The zero-order chi connectivity index (χ0) is 12.8. The van der Waals surface area contributed by atoms with Crippen molar-refractivity contribution in [3.05, 3.63) is 23.9 Å². The van der Waals surface area contributed by atoms with Gasteiger partial charge in [0.25, 0.3) is 5.82 Å². The van der Waals surface area contributed by atoms with Gasteiger partial charge in [0.2, 0.25) is 0 Å². The Balaban J connectivity index is 1.73. The van der Waals surface area contributed by atoms with Crippen molar-refractivity contribution < 1.29 is 9.78 Å². The molecule has 1 amide bonds. The number of carbonyl (C=O) groups excluding carboxylic acids is 1. The molecule has 0 aromatic carbocycles. The summed E-state index contributed by atoms with van der Waals surface area (Å²) in [5, 5.41) is 2.91. The first-order chi connectivity index (χ1) is 8.74. The molecule has 1 saturated carbocycles. The number of amides is 1. The van der Waals surface area contributed by atoms with E-state index < -0.39 is 0 Å². The molecule has 18 heavy (non-hydrogen) atoms. The van der Waals surface area contributed by atoms with Crippen LogP contribution in [0.4, 0.5) is 5.82 Å². The van der Waals surface area contributed by atoms with E-state index in [1.165, 1.54) is 32.1 Å². The van der Waals surface area contributed by atoms with Gasteiger partial charge in [-0.3, -0.25) is 0 Å². The van der Waals surface area contributed by atoms with Gasteiger partial charge in [0, 0.05) is 12.5 Å². The summed E-state index contributed by atoms with van der Waals surface area (Å²) in [6.45, 7) is 2.02. The van der Waals surface area contributed by atoms with Gasteiger partial charge < -0.3 is 0 Å². The topological polar surface area (TPSA) is 43.2 Å². The van der Waals surface area contributed by atoms with Gasteiger partial charge in [-0.15, -0.1) is 0 Å². The third-order valence-electron chi connectivity index (χ3n) is 3.75. The van der Waals surface area contributed by atoms with Crippen LogP contribution in [0.1, 0.15) is 50.5 Å². The zero-order valence-corrected chi connectivity index (χ0v) is 11.2. The fourth-order valence-corrected chi connectivity index (χ4v) is 2.60. The molecule has 2 N–H and O–H groups in total. The molecule has 3 heteroatoms. The predicted molar refractivity (Wildman–Crippen MR) is 72.2 cm³/mol. The molecular weight excluding hydrogens is 224 g/mol. The average Bonchev–Trinajstić information content (AvgIpc) is 2.40. The molecule has 3 nitrogen and oxygen atoms in total. The minimum atomic E-state index is 0.126. The van der Waals surface area contributed by atoms with Crippen LogP contribution in [0, 0.1) is 12.8 Å². The van der Waals surface area contributed by atoms with E-state index >= 15 is 0 Å². The summed E-state index contributed by atoms with van der Waals surface area (Å²) in [6, 6.07) is 3.90. The molecule has 1 aliphatic carbocycles. The predicted octanol–water partition coefficient (Wildman–Crippen LogP) is 3.11. The Morgan fingerprint density at radius 3 is 2.78 bits per heavy atom. The molecule has 1 aromatic heterocycles. The molecule has 0 unspecified atom stereocenters. The van der Waals surface area contributed by atoms with Crippen LogP contribution >= 0.6 is 0 Å². The molecule has 1 aromatic rings. The van der Waals surface area contributed by atoms with Crippen LogP contribution in [0.2, 0.25) is 0 Å². The Bertz CT molecular complexity index is 380. The summed E-state index contributed by atoms with van der Waals surface area (Å²) in [5.41, 5.74) is 1.16. The maximum atomic E-state index is 11.8. The number of aryl methyl sites for hydroxylation is 1. The third kappa shape index (κ3) is 4.13. The van der Waals surface area contributed by atoms with Crippen molar-refractivity contribution in [1.82, 2.24) is 0 Å². The maximum Gasteiger partial charge on any atom is 0.307 e. The van der Waals surface area contributed by atoms with Gasteiger partial charge in [-0.1, -0.05) is 32.1 Å². The van der Waals surface area contributed by atoms with Crippen LogP contribution in [0.25, 0.3) is 0 Å². The number of nitrogens with one attached hydrogen (secondary N) is 2. The van der Waals surface area contributed by atoms with Crippen molar-refractivity contribution in [3.8, 4) is 0 Å². The largest absolute Gasteiger partial charge is 0.307 e. The molecule has 1 heterocycles. The number of carbonyl (C=O) groups is 1. The Kier molecular flexibility index (Phi) is 4.73. The molecule has 1 aliphatic rings. The second-order valence-electron chi connectivity index (χ2n) is 5.37. The average molecular weight is 247 g/mol. The number of hydrogen-bond acceptors (Lipinski definition) is 1. The molecule has 1 fully saturated rings. The van der Waals surface area contributed by atoms with Gasteiger partial charge in [-0.25, -0.2) is 15.1 Å². The SMILES string of the molecule is Cc1ccc(NC(=O)CCC2CCCCC2)[nH+]c1. The van der Waals surface area contributed by atoms with Gasteiger partial charge in [0.15, 0.2) is 0 Å². The summed E-state index contributed by atoms with van der Waals surface area (Å²) < 4.78 is 0. The summed E-state index contributed by atoms with van der Waals surface area (Å²) in [4.78, 5) is 14.9. The second kappa shape index (κ2) is 6.53. The first kappa shape index (κ1) is 13.1. The number of aromatic amines is 1. The number of hydrogen-bond donors (Lipinski definition) is 1. The number of aromatic nitrogens is 1. The third-order valence-corrected chi connectivity index (χ3v) is 3.75. The minimum Gasteiger partial charge on any atom is -0.247 e. The van der Waals surface area contributed by atoms with E-state index in [1.807, 2.05) is 25.3 Å². The molecule has 98 valence electrons. The van der Waals surface area contributed by atoms with Crippen LogP contribution in [-0.4, -0.2) is 5.91 Å². The van der Waals surface area contributed by atoms with Crippen LogP contribution in [0.3, 0.4) is 0 Å². The fourth-order valence-electron chi connectivity index (χ4n) is 2.60. The van der Waals surface area contributed by atoms with Crippen molar-refractivity contribution in [2.75, 3.05) is 5.32 Å². The molecular formula is C15H23N2O+. The zero-order valence-electron chi connectivity index (χ0n) is 11.2. The number of H-pyrrole nitrogens is 1. The molecule has 2 rings (SSSR count). The lowest BCUT2D eigenvalue weighted by Crippen LogP contribution is -2.20. The second-order valence-corrected chi connectivity index (χ2v) is 5.37. The van der Waals surface area contributed by atoms with Crippen molar-refractivity contribution in [1.29, 1.82) is 0 Å². The standard InChI is InChI=1S/C15H22N2O/c1-12-7-9-14(16-11-12)17-15(18)10-8-13-5-3-2-4-6-13/h7,9,11,13H,2-6,8,10H2,1H3,(H,16,17,18)/p+1. The Labute approximate surface area is 109 Å². The summed E-state index contributed by atoms with van der Waals surface area (Å²) >= 11 is 0. The van der Waals surface area contributed by atoms with Crippen LogP contribution in [-0.2, 0) is 4.79 Å². The molecule has 0 radical (unpaired) electrons. The lowest BCUT2D eigenvalue weighted by atomic mass is 9.86. The molecule has 0 atom stereocenters. The quantitative estimate of drug-likeness (QED) is 0.873. The first-order valence-corrected chi connectivity index (χ1v) is 7.02. The smallest absolute Gasteiger partial charge is 0.247 e. The Hall–Kier alpha value is -1.38. The van der Waals surface area contributed by atoms with Crippen LogP contribution in [0.15, 0.2) is 18.3 Å². The highest BCUT2D eigenvalue weighted by molar-refractivity contribution is 5.88. The highest BCUT2D eigenvalue weighted by Gasteiger charge is 2.16. The van der Waals surface area contributed by atoms with Crippen molar-refractivity contribution in [3.63, 3.8) is 0 Å². The van der Waals surface area contributed by atoms with E-state index in [1.54, 1.807) is 0 Å². The molecule has 0 saturated heterocycles. The molecule has 0 spiro atoms. The van der Waals surface area contributed by atoms with Crippen molar-refractivity contribution in [2.45, 2.75) is 51.9 Å². The van der Waals surface area contributed by atoms with E-state index in [9.17, 15) is 4.79 Å². The Morgan fingerprint density at radius 1 is 1.33 bits per heavy atom. The van der Waals surface area contributed by atoms with E-state index in [-0.39, 0.29) is 5.91 Å². The Morgan fingerprint density at radius 2 is 2.11 bits per heavy atom. The van der Waals surface area contributed by atoms with E-state index in [0.717, 1.165) is 23.7 Å². The number of rotatable bonds is 4. The van der Waals surface area contributed by atoms with Crippen LogP contribution in [0.5, 0.6) is 0 Å². The minimum absolute atomic E-state index is 0.126. The van der Waals surface area contributed by atoms with Crippen LogP contribution < -0.4 is 10.3 Å². The monoisotopic (exact) mass is 247 g/mol. The number of anilines is 1. The fraction of sp³-hybridized carbons (Fsp3) is 0.600. The summed E-state index contributed by atoms with van der Waals surface area (Å²) in [5.74, 6) is 1.68. The normalized spacial score (nSPS) is 16.5. The van der Waals surface area contributed by atoms with Gasteiger partial charge in [-0.2, -0.15) is 0 Å². The highest BCUT2D eigenvalue weighted by atomic mass is 16.1. The maximum absolute atomic E-state index is 11.8. The molecule has 0 aliphatic heterocycles. The van der Waals surface area contributed by atoms with Gasteiger partial charge in [-0.05, 0) is 30.9 Å². The lowest BCUT2D eigenvalue weighted by molar-refractivity contribution is -0.361. The van der Waals surface area contributed by atoms with Gasteiger partial charge >= 0.3 is 5.91 Å².